The van der Waals surface area contributed by atoms with E-state index in [1.54, 1.807) is 49.3 Å². The summed E-state index contributed by atoms with van der Waals surface area (Å²) in [5, 5.41) is 6.65. The van der Waals surface area contributed by atoms with Crippen molar-refractivity contribution < 1.29 is 13.9 Å². The largest absolute Gasteiger partial charge is 0.481 e. The van der Waals surface area contributed by atoms with Crippen LogP contribution in [-0.2, 0) is 4.79 Å². The SMILES string of the molecule is CSc1ccc(O[C@H](C)C(=O)Nc2ccc(-n3cccn3)c(F)c2)cc1. The van der Waals surface area contributed by atoms with Crippen LogP contribution < -0.4 is 10.1 Å². The predicted molar refractivity (Wildman–Crippen MR) is 100 cm³/mol. The molecule has 1 amide bonds. The lowest BCUT2D eigenvalue weighted by Gasteiger charge is -2.15. The van der Waals surface area contributed by atoms with Gasteiger partial charge in [0.2, 0.25) is 0 Å². The van der Waals surface area contributed by atoms with Gasteiger partial charge in [-0.25, -0.2) is 9.07 Å². The molecule has 0 spiro atoms. The highest BCUT2D eigenvalue weighted by atomic mass is 32.2. The third kappa shape index (κ3) is 4.23. The summed E-state index contributed by atoms with van der Waals surface area (Å²) in [6.45, 7) is 1.65. The molecule has 7 heteroatoms. The molecule has 0 saturated carbocycles. The molecule has 0 aliphatic carbocycles. The molecule has 0 unspecified atom stereocenters. The number of nitrogens with one attached hydrogen (secondary N) is 1. The van der Waals surface area contributed by atoms with Crippen molar-refractivity contribution in [1.29, 1.82) is 0 Å². The number of hydrogen-bond acceptors (Lipinski definition) is 4. The van der Waals surface area contributed by atoms with Crippen LogP contribution in [0.5, 0.6) is 5.75 Å². The Morgan fingerprint density at radius 3 is 2.65 bits per heavy atom. The third-order valence-corrected chi connectivity index (χ3v) is 4.45. The normalized spacial score (nSPS) is 11.8. The van der Waals surface area contributed by atoms with Gasteiger partial charge in [0.05, 0.1) is 0 Å². The Morgan fingerprint density at radius 2 is 2.04 bits per heavy atom. The summed E-state index contributed by atoms with van der Waals surface area (Å²) in [7, 11) is 0. The van der Waals surface area contributed by atoms with E-state index in [1.165, 1.54) is 10.7 Å². The maximum absolute atomic E-state index is 14.2. The summed E-state index contributed by atoms with van der Waals surface area (Å²) in [5.41, 5.74) is 0.669. The number of thioether (sulfide) groups is 1. The zero-order chi connectivity index (χ0) is 18.5. The Labute approximate surface area is 155 Å². The molecule has 0 saturated heterocycles. The van der Waals surface area contributed by atoms with E-state index < -0.39 is 11.9 Å². The Morgan fingerprint density at radius 1 is 1.27 bits per heavy atom. The lowest BCUT2D eigenvalue weighted by Crippen LogP contribution is -2.30. The maximum Gasteiger partial charge on any atom is 0.265 e. The highest BCUT2D eigenvalue weighted by Gasteiger charge is 2.16. The fourth-order valence-electron chi connectivity index (χ4n) is 2.34. The number of aromatic nitrogens is 2. The van der Waals surface area contributed by atoms with Gasteiger partial charge >= 0.3 is 0 Å². The second-order valence-corrected chi connectivity index (χ2v) is 6.42. The third-order valence-electron chi connectivity index (χ3n) is 3.71. The van der Waals surface area contributed by atoms with E-state index in [4.69, 9.17) is 4.74 Å². The summed E-state index contributed by atoms with van der Waals surface area (Å²) in [6, 6.07) is 13.6. The summed E-state index contributed by atoms with van der Waals surface area (Å²) in [5.74, 6) is -0.233. The topological polar surface area (TPSA) is 56.1 Å². The van der Waals surface area contributed by atoms with Crippen molar-refractivity contribution in [1.82, 2.24) is 9.78 Å². The zero-order valence-corrected chi connectivity index (χ0v) is 15.2. The van der Waals surface area contributed by atoms with Crippen LogP contribution in [0, 0.1) is 5.82 Å². The van der Waals surface area contributed by atoms with Gasteiger partial charge in [-0.3, -0.25) is 4.79 Å². The molecule has 2 aromatic carbocycles. The smallest absolute Gasteiger partial charge is 0.265 e. The van der Waals surface area contributed by atoms with Gasteiger partial charge in [0.25, 0.3) is 5.91 Å². The number of carbonyl (C=O) groups excluding carboxylic acids is 1. The van der Waals surface area contributed by atoms with Crippen LogP contribution in [0.1, 0.15) is 6.92 Å². The van der Waals surface area contributed by atoms with Crippen molar-refractivity contribution in [2.75, 3.05) is 11.6 Å². The highest BCUT2D eigenvalue weighted by Crippen LogP contribution is 2.21. The first-order chi connectivity index (χ1) is 12.6. The Hall–Kier alpha value is -2.80. The first kappa shape index (κ1) is 18.0. The number of amides is 1. The minimum Gasteiger partial charge on any atom is -0.481 e. The van der Waals surface area contributed by atoms with E-state index in [0.29, 0.717) is 17.1 Å². The standard InChI is InChI=1S/C19H18FN3O2S/c1-13(25-15-5-7-16(26-2)8-6-15)19(24)22-14-4-9-18(17(20)12-14)23-11-3-10-21-23/h3-13H,1-2H3,(H,22,24)/t13-/m1/s1. The summed E-state index contributed by atoms with van der Waals surface area (Å²) in [6.07, 6.45) is 4.49. The molecule has 0 aliphatic heterocycles. The molecular weight excluding hydrogens is 353 g/mol. The van der Waals surface area contributed by atoms with Crippen molar-refractivity contribution >= 4 is 23.4 Å². The Bertz CT molecular complexity index is 882. The van der Waals surface area contributed by atoms with Crippen LogP contribution >= 0.6 is 11.8 Å². The van der Waals surface area contributed by atoms with Gasteiger partial charge in [-0.15, -0.1) is 11.8 Å². The first-order valence-corrected chi connectivity index (χ1v) is 9.20. The van der Waals surface area contributed by atoms with Crippen LogP contribution in [-0.4, -0.2) is 28.0 Å². The van der Waals surface area contributed by atoms with Gasteiger partial charge in [0.1, 0.15) is 11.4 Å². The van der Waals surface area contributed by atoms with Crippen molar-refractivity contribution in [3.63, 3.8) is 0 Å². The number of rotatable bonds is 6. The number of benzene rings is 2. The molecule has 3 aromatic rings. The average Bonchev–Trinajstić information content (AvgIpc) is 3.16. The molecule has 0 bridgehead atoms. The minimum atomic E-state index is -0.719. The van der Waals surface area contributed by atoms with Gasteiger partial charge in [-0.1, -0.05) is 0 Å². The molecule has 134 valence electrons. The Kier molecular flexibility index (Phi) is 5.58. The highest BCUT2D eigenvalue weighted by molar-refractivity contribution is 7.98. The van der Waals surface area contributed by atoms with E-state index in [9.17, 15) is 9.18 Å². The average molecular weight is 371 g/mol. The molecule has 0 radical (unpaired) electrons. The number of nitrogens with zero attached hydrogens (tertiary/aromatic N) is 2. The van der Waals surface area contributed by atoms with Crippen LogP contribution in [0.4, 0.5) is 10.1 Å². The van der Waals surface area contributed by atoms with E-state index in [2.05, 4.69) is 10.4 Å². The van der Waals surface area contributed by atoms with Gasteiger partial charge in [0.15, 0.2) is 11.9 Å². The quantitative estimate of drug-likeness (QED) is 0.662. The van der Waals surface area contributed by atoms with Crippen molar-refractivity contribution in [3.05, 3.63) is 66.7 Å². The van der Waals surface area contributed by atoms with Crippen LogP contribution in [0.15, 0.2) is 65.8 Å². The minimum absolute atomic E-state index is 0.311. The fraction of sp³-hybridized carbons (Fsp3) is 0.158. The monoisotopic (exact) mass is 371 g/mol. The van der Waals surface area contributed by atoms with Crippen LogP contribution in [0.2, 0.25) is 0 Å². The summed E-state index contributed by atoms with van der Waals surface area (Å²) < 4.78 is 21.3. The molecule has 1 N–H and O–H groups in total. The van der Waals surface area contributed by atoms with E-state index >= 15 is 0 Å². The van der Waals surface area contributed by atoms with Gasteiger partial charge in [-0.05, 0) is 61.7 Å². The molecule has 0 aliphatic rings. The van der Waals surface area contributed by atoms with E-state index in [0.717, 1.165) is 4.90 Å². The zero-order valence-electron chi connectivity index (χ0n) is 14.3. The van der Waals surface area contributed by atoms with Crippen molar-refractivity contribution in [2.45, 2.75) is 17.9 Å². The lowest BCUT2D eigenvalue weighted by atomic mass is 10.2. The molecule has 1 aromatic heterocycles. The van der Waals surface area contributed by atoms with E-state index in [1.807, 2.05) is 30.5 Å². The van der Waals surface area contributed by atoms with E-state index in [-0.39, 0.29) is 5.91 Å². The Balaban J connectivity index is 1.64. The summed E-state index contributed by atoms with van der Waals surface area (Å²) in [4.78, 5) is 13.4. The molecular formula is C19H18FN3O2S. The first-order valence-electron chi connectivity index (χ1n) is 7.98. The molecule has 3 rings (SSSR count). The molecule has 26 heavy (non-hydrogen) atoms. The summed E-state index contributed by atoms with van der Waals surface area (Å²) >= 11 is 1.63. The maximum atomic E-state index is 14.2. The molecule has 1 heterocycles. The number of halogens is 1. The second-order valence-electron chi connectivity index (χ2n) is 5.54. The number of carbonyl (C=O) groups is 1. The molecule has 0 fully saturated rings. The van der Waals surface area contributed by atoms with Gasteiger partial charge < -0.3 is 10.1 Å². The number of ether oxygens (including phenoxy) is 1. The predicted octanol–water partition coefficient (Wildman–Crippen LogP) is 4.14. The number of anilines is 1. The lowest BCUT2D eigenvalue weighted by molar-refractivity contribution is -0.122. The van der Waals surface area contributed by atoms with Crippen LogP contribution in [0.25, 0.3) is 5.69 Å². The van der Waals surface area contributed by atoms with Gasteiger partial charge in [-0.2, -0.15) is 5.10 Å². The molecule has 1 atom stereocenters. The number of hydrogen-bond donors (Lipinski definition) is 1. The van der Waals surface area contributed by atoms with Gasteiger partial charge in [0, 0.05) is 23.0 Å². The fourth-order valence-corrected chi connectivity index (χ4v) is 2.75. The van der Waals surface area contributed by atoms with Crippen molar-refractivity contribution in [3.8, 4) is 11.4 Å². The van der Waals surface area contributed by atoms with Crippen molar-refractivity contribution in [2.24, 2.45) is 0 Å². The molecule has 5 nitrogen and oxygen atoms in total. The van der Waals surface area contributed by atoms with Crippen LogP contribution in [0.3, 0.4) is 0 Å². The second kappa shape index (κ2) is 8.05.